The number of anilines is 1. The molecule has 1 aromatic carbocycles. The lowest BCUT2D eigenvalue weighted by molar-refractivity contribution is -0.145. The molecule has 0 aliphatic heterocycles. The smallest absolute Gasteiger partial charge is 0.304 e. The van der Waals surface area contributed by atoms with Crippen LogP contribution in [0.25, 0.3) is 0 Å². The SMILES string of the molecule is CNC(=O)c1cccc(NC(=O)[C@@](C)(CC(=O)O)C2CCCCC2)c1C. The minimum atomic E-state index is -0.971. The second-order valence-corrected chi connectivity index (χ2v) is 7.33. The molecule has 6 nitrogen and oxygen atoms in total. The number of amides is 2. The molecule has 1 saturated carbocycles. The standard InChI is InChI=1S/C20H28N2O4/c1-13-15(18(25)21-3)10-7-11-16(13)22-19(26)20(2,12-17(23)24)14-8-5-4-6-9-14/h7,10-11,14H,4-6,8-9,12H2,1-3H3,(H,21,25)(H,22,26)(H,23,24)/t20-/m0/s1. The van der Waals surface area contributed by atoms with Gasteiger partial charge in [-0.3, -0.25) is 14.4 Å². The summed E-state index contributed by atoms with van der Waals surface area (Å²) < 4.78 is 0. The van der Waals surface area contributed by atoms with Crippen molar-refractivity contribution in [2.24, 2.45) is 11.3 Å². The fourth-order valence-corrected chi connectivity index (χ4v) is 3.88. The average molecular weight is 360 g/mol. The Kier molecular flexibility index (Phi) is 6.40. The molecule has 1 aromatic rings. The Morgan fingerprint density at radius 3 is 2.42 bits per heavy atom. The minimum absolute atomic E-state index is 0.0507. The minimum Gasteiger partial charge on any atom is -0.481 e. The largest absolute Gasteiger partial charge is 0.481 e. The highest BCUT2D eigenvalue weighted by Crippen LogP contribution is 2.42. The van der Waals surface area contributed by atoms with Gasteiger partial charge in [0.1, 0.15) is 0 Å². The molecule has 0 aromatic heterocycles. The second-order valence-electron chi connectivity index (χ2n) is 7.33. The second kappa shape index (κ2) is 8.34. The van der Waals surface area contributed by atoms with Gasteiger partial charge in [-0.05, 0) is 50.3 Å². The van der Waals surface area contributed by atoms with Gasteiger partial charge in [0.15, 0.2) is 0 Å². The van der Waals surface area contributed by atoms with Crippen molar-refractivity contribution in [2.45, 2.75) is 52.4 Å². The van der Waals surface area contributed by atoms with Gasteiger partial charge in [0, 0.05) is 18.3 Å². The molecule has 0 radical (unpaired) electrons. The number of carboxylic acid groups (broad SMARTS) is 1. The number of benzene rings is 1. The van der Waals surface area contributed by atoms with Crippen LogP contribution in [0.2, 0.25) is 0 Å². The Labute approximate surface area is 154 Å². The number of carbonyl (C=O) groups excluding carboxylic acids is 2. The van der Waals surface area contributed by atoms with Crippen LogP contribution in [0.15, 0.2) is 18.2 Å². The average Bonchev–Trinajstić information content (AvgIpc) is 2.62. The molecule has 1 fully saturated rings. The Morgan fingerprint density at radius 2 is 1.85 bits per heavy atom. The van der Waals surface area contributed by atoms with Crippen LogP contribution < -0.4 is 10.6 Å². The highest BCUT2D eigenvalue weighted by Gasteiger charge is 2.43. The lowest BCUT2D eigenvalue weighted by Crippen LogP contribution is -2.42. The van der Waals surface area contributed by atoms with E-state index >= 15 is 0 Å². The van der Waals surface area contributed by atoms with E-state index in [4.69, 9.17) is 0 Å². The summed E-state index contributed by atoms with van der Waals surface area (Å²) in [5.41, 5.74) is 0.731. The van der Waals surface area contributed by atoms with Gasteiger partial charge in [0.25, 0.3) is 5.91 Å². The van der Waals surface area contributed by atoms with Crippen LogP contribution in [0.4, 0.5) is 5.69 Å². The molecule has 0 heterocycles. The number of rotatable bonds is 6. The van der Waals surface area contributed by atoms with Crippen molar-refractivity contribution in [3.63, 3.8) is 0 Å². The summed E-state index contributed by atoms with van der Waals surface area (Å²) in [4.78, 5) is 36.5. The molecule has 142 valence electrons. The highest BCUT2D eigenvalue weighted by atomic mass is 16.4. The van der Waals surface area contributed by atoms with Crippen molar-refractivity contribution in [3.05, 3.63) is 29.3 Å². The van der Waals surface area contributed by atoms with Crippen molar-refractivity contribution in [1.29, 1.82) is 0 Å². The quantitative estimate of drug-likeness (QED) is 0.725. The van der Waals surface area contributed by atoms with E-state index in [9.17, 15) is 19.5 Å². The molecule has 0 unspecified atom stereocenters. The van der Waals surface area contributed by atoms with Crippen LogP contribution >= 0.6 is 0 Å². The van der Waals surface area contributed by atoms with Crippen molar-refractivity contribution >= 4 is 23.5 Å². The van der Waals surface area contributed by atoms with Gasteiger partial charge < -0.3 is 15.7 Å². The molecule has 1 aliphatic rings. The molecule has 1 aliphatic carbocycles. The fraction of sp³-hybridized carbons (Fsp3) is 0.550. The van der Waals surface area contributed by atoms with Crippen LogP contribution in [0.1, 0.15) is 61.4 Å². The molecular weight excluding hydrogens is 332 g/mol. The van der Waals surface area contributed by atoms with Crippen LogP contribution in [0.5, 0.6) is 0 Å². The lowest BCUT2D eigenvalue weighted by Gasteiger charge is -2.37. The van der Waals surface area contributed by atoms with E-state index in [0.717, 1.165) is 32.1 Å². The monoisotopic (exact) mass is 360 g/mol. The van der Waals surface area contributed by atoms with Gasteiger partial charge in [-0.25, -0.2) is 0 Å². The maximum Gasteiger partial charge on any atom is 0.304 e. The van der Waals surface area contributed by atoms with Crippen molar-refractivity contribution in [1.82, 2.24) is 5.32 Å². The van der Waals surface area contributed by atoms with Gasteiger partial charge in [0.05, 0.1) is 11.8 Å². The third-order valence-corrected chi connectivity index (χ3v) is 5.60. The van der Waals surface area contributed by atoms with Gasteiger partial charge in [-0.15, -0.1) is 0 Å². The first-order valence-electron chi connectivity index (χ1n) is 9.14. The molecule has 0 spiro atoms. The van der Waals surface area contributed by atoms with E-state index in [1.54, 1.807) is 39.1 Å². The first-order valence-corrected chi connectivity index (χ1v) is 9.14. The van der Waals surface area contributed by atoms with Gasteiger partial charge >= 0.3 is 5.97 Å². The maximum absolute atomic E-state index is 13.1. The van der Waals surface area contributed by atoms with E-state index in [2.05, 4.69) is 10.6 Å². The van der Waals surface area contributed by atoms with Crippen LogP contribution in [-0.2, 0) is 9.59 Å². The molecule has 2 amide bonds. The summed E-state index contributed by atoms with van der Waals surface area (Å²) in [7, 11) is 1.56. The zero-order chi connectivity index (χ0) is 19.3. The summed E-state index contributed by atoms with van der Waals surface area (Å²) >= 11 is 0. The third-order valence-electron chi connectivity index (χ3n) is 5.60. The first-order chi connectivity index (χ1) is 12.3. The molecule has 6 heteroatoms. The summed E-state index contributed by atoms with van der Waals surface area (Å²) in [5.74, 6) is -1.43. The predicted octanol–water partition coefficient (Wildman–Crippen LogP) is 3.35. The van der Waals surface area contributed by atoms with Gasteiger partial charge in [-0.1, -0.05) is 25.3 Å². The van der Waals surface area contributed by atoms with E-state index < -0.39 is 11.4 Å². The molecule has 0 saturated heterocycles. The lowest BCUT2D eigenvalue weighted by atomic mass is 9.67. The number of carbonyl (C=O) groups is 3. The zero-order valence-electron chi connectivity index (χ0n) is 15.7. The van der Waals surface area contributed by atoms with Crippen LogP contribution in [0, 0.1) is 18.3 Å². The number of carboxylic acids is 1. The Hall–Kier alpha value is -2.37. The van der Waals surface area contributed by atoms with Crippen LogP contribution in [-0.4, -0.2) is 29.9 Å². The van der Waals surface area contributed by atoms with Crippen molar-refractivity contribution < 1.29 is 19.5 Å². The fourth-order valence-electron chi connectivity index (χ4n) is 3.88. The van der Waals surface area contributed by atoms with Gasteiger partial charge in [-0.2, -0.15) is 0 Å². The van der Waals surface area contributed by atoms with Gasteiger partial charge in [0.2, 0.25) is 5.91 Å². The van der Waals surface area contributed by atoms with E-state index in [-0.39, 0.29) is 24.2 Å². The summed E-state index contributed by atoms with van der Waals surface area (Å²) in [6.45, 7) is 3.53. The third kappa shape index (κ3) is 4.23. The molecule has 26 heavy (non-hydrogen) atoms. The van der Waals surface area contributed by atoms with Crippen molar-refractivity contribution in [2.75, 3.05) is 12.4 Å². The molecule has 3 N–H and O–H groups in total. The Balaban J connectivity index is 2.29. The summed E-state index contributed by atoms with van der Waals surface area (Å²) in [5, 5.41) is 14.8. The topological polar surface area (TPSA) is 95.5 Å². The predicted molar refractivity (Wildman–Crippen MR) is 100 cm³/mol. The Morgan fingerprint density at radius 1 is 1.19 bits per heavy atom. The molecular formula is C20H28N2O4. The number of aliphatic carboxylic acids is 1. The molecule has 2 rings (SSSR count). The first kappa shape index (κ1) is 19.9. The normalized spacial score (nSPS) is 17.2. The summed E-state index contributed by atoms with van der Waals surface area (Å²) in [6.07, 6.45) is 4.73. The number of hydrogen-bond donors (Lipinski definition) is 3. The highest BCUT2D eigenvalue weighted by molar-refractivity contribution is 6.01. The van der Waals surface area contributed by atoms with Crippen LogP contribution in [0.3, 0.4) is 0 Å². The molecule has 0 bridgehead atoms. The van der Waals surface area contributed by atoms with E-state index in [1.165, 1.54) is 0 Å². The van der Waals surface area contributed by atoms with E-state index in [1.807, 2.05) is 0 Å². The van der Waals surface area contributed by atoms with E-state index in [0.29, 0.717) is 16.8 Å². The van der Waals surface area contributed by atoms with Crippen molar-refractivity contribution in [3.8, 4) is 0 Å². The maximum atomic E-state index is 13.1. The number of hydrogen-bond acceptors (Lipinski definition) is 3. The summed E-state index contributed by atoms with van der Waals surface area (Å²) in [6, 6.07) is 5.14. The molecule has 1 atom stereocenters. The zero-order valence-corrected chi connectivity index (χ0v) is 15.7. The Bertz CT molecular complexity index is 695. The number of nitrogens with one attached hydrogen (secondary N) is 2.